The van der Waals surface area contributed by atoms with Crippen molar-refractivity contribution in [3.05, 3.63) is 58.6 Å². The maximum Gasteiger partial charge on any atom is 0.129 e. The normalized spacial score (nSPS) is 21.8. The summed E-state index contributed by atoms with van der Waals surface area (Å²) in [6, 6.07) is 11.2. The van der Waals surface area contributed by atoms with Crippen LogP contribution in [0.1, 0.15) is 24.3 Å². The zero-order valence-corrected chi connectivity index (χ0v) is 11.9. The van der Waals surface area contributed by atoms with E-state index in [2.05, 4.69) is 26.2 Å². The molecule has 19 heavy (non-hydrogen) atoms. The van der Waals surface area contributed by atoms with Crippen LogP contribution in [0, 0.1) is 5.82 Å². The molecule has 4 heteroatoms. The van der Waals surface area contributed by atoms with Crippen LogP contribution in [0.5, 0.6) is 0 Å². The van der Waals surface area contributed by atoms with E-state index in [1.165, 1.54) is 17.7 Å². The van der Waals surface area contributed by atoms with Gasteiger partial charge in [-0.3, -0.25) is 0 Å². The monoisotopic (exact) mass is 320 g/mol. The summed E-state index contributed by atoms with van der Waals surface area (Å²) in [7, 11) is 0. The van der Waals surface area contributed by atoms with Crippen molar-refractivity contribution in [1.29, 1.82) is 0 Å². The molecule has 2 nitrogen and oxygen atoms in total. The number of halogens is 2. The minimum atomic E-state index is -0.169. The van der Waals surface area contributed by atoms with Crippen LogP contribution < -0.4 is 5.32 Å². The van der Waals surface area contributed by atoms with E-state index in [0.717, 1.165) is 23.1 Å². The Hall–Kier alpha value is -1.42. The van der Waals surface area contributed by atoms with Gasteiger partial charge in [0.15, 0.2) is 0 Å². The highest BCUT2D eigenvalue weighted by Crippen LogP contribution is 2.39. The molecule has 1 fully saturated rings. The van der Waals surface area contributed by atoms with Gasteiger partial charge < -0.3 is 5.32 Å². The number of nitrogens with one attached hydrogen (secondary N) is 1. The van der Waals surface area contributed by atoms with Crippen molar-refractivity contribution in [2.75, 3.05) is 5.32 Å². The van der Waals surface area contributed by atoms with E-state index in [1.807, 2.05) is 24.3 Å². The molecule has 1 saturated carbocycles. The predicted molar refractivity (Wildman–Crippen MR) is 77.7 cm³/mol. The molecule has 1 aromatic carbocycles. The Morgan fingerprint density at radius 1 is 1.16 bits per heavy atom. The van der Waals surface area contributed by atoms with E-state index in [-0.39, 0.29) is 5.82 Å². The summed E-state index contributed by atoms with van der Waals surface area (Å²) in [6.07, 6.45) is 3.91. The van der Waals surface area contributed by atoms with E-state index >= 15 is 0 Å². The van der Waals surface area contributed by atoms with E-state index in [4.69, 9.17) is 0 Å². The van der Waals surface area contributed by atoms with Crippen molar-refractivity contribution in [1.82, 2.24) is 4.98 Å². The highest BCUT2D eigenvalue weighted by Gasteiger charge is 2.30. The third-order valence-electron chi connectivity index (χ3n) is 3.60. The number of aromatic nitrogens is 1. The Labute approximate surface area is 120 Å². The maximum atomic E-state index is 12.9. The number of hydrogen-bond donors (Lipinski definition) is 1. The quantitative estimate of drug-likeness (QED) is 0.851. The summed E-state index contributed by atoms with van der Waals surface area (Å²) in [6.45, 7) is 0. The van der Waals surface area contributed by atoms with Crippen molar-refractivity contribution in [2.24, 2.45) is 0 Å². The molecular weight excluding hydrogens is 307 g/mol. The number of hydrogen-bond acceptors (Lipinski definition) is 2. The average Bonchev–Trinajstić information content (AvgIpc) is 2.37. The second kappa shape index (κ2) is 5.29. The van der Waals surface area contributed by atoms with Crippen molar-refractivity contribution >= 4 is 21.6 Å². The number of pyridine rings is 1. The predicted octanol–water partition coefficient (Wildman–Crippen LogP) is 4.34. The van der Waals surface area contributed by atoms with Gasteiger partial charge in [-0.1, -0.05) is 12.1 Å². The van der Waals surface area contributed by atoms with Crippen molar-refractivity contribution in [3.63, 3.8) is 0 Å². The summed E-state index contributed by atoms with van der Waals surface area (Å²) in [5.41, 5.74) is 2.26. The van der Waals surface area contributed by atoms with Gasteiger partial charge in [-0.2, -0.15) is 0 Å². The van der Waals surface area contributed by atoms with Gasteiger partial charge in [0.25, 0.3) is 0 Å². The van der Waals surface area contributed by atoms with Crippen LogP contribution >= 0.6 is 15.9 Å². The van der Waals surface area contributed by atoms with Gasteiger partial charge in [-0.15, -0.1) is 0 Å². The molecule has 0 aliphatic heterocycles. The van der Waals surface area contributed by atoms with E-state index in [1.54, 1.807) is 6.20 Å². The van der Waals surface area contributed by atoms with Crippen LogP contribution in [0.4, 0.5) is 10.1 Å². The average molecular weight is 321 g/mol. The van der Waals surface area contributed by atoms with Crippen molar-refractivity contribution in [3.8, 4) is 0 Å². The Kier molecular flexibility index (Phi) is 3.51. The molecule has 1 N–H and O–H groups in total. The van der Waals surface area contributed by atoms with Crippen LogP contribution in [0.3, 0.4) is 0 Å². The second-order valence-corrected chi connectivity index (χ2v) is 5.65. The van der Waals surface area contributed by atoms with Crippen LogP contribution in [0.15, 0.2) is 47.2 Å². The van der Waals surface area contributed by atoms with Gasteiger partial charge in [0.1, 0.15) is 10.4 Å². The zero-order valence-electron chi connectivity index (χ0n) is 10.3. The number of anilines is 1. The molecule has 0 spiro atoms. The third-order valence-corrected chi connectivity index (χ3v) is 4.23. The molecule has 0 saturated heterocycles. The standard InChI is InChI=1S/C15H14BrFN2/c16-15-14(2-1-7-18-15)19-13-8-11(9-13)10-3-5-12(17)6-4-10/h1-7,11,13,19H,8-9H2. The summed E-state index contributed by atoms with van der Waals surface area (Å²) >= 11 is 3.43. The summed E-state index contributed by atoms with van der Waals surface area (Å²) in [5, 5.41) is 3.47. The van der Waals surface area contributed by atoms with Crippen LogP contribution in [0.25, 0.3) is 0 Å². The molecule has 1 heterocycles. The molecule has 1 aromatic heterocycles. The molecule has 1 aliphatic carbocycles. The zero-order chi connectivity index (χ0) is 13.2. The highest BCUT2D eigenvalue weighted by atomic mass is 79.9. The molecule has 0 radical (unpaired) electrons. The Bertz CT molecular complexity index is 565. The number of benzene rings is 1. The largest absolute Gasteiger partial charge is 0.380 e. The second-order valence-electron chi connectivity index (χ2n) is 4.90. The lowest BCUT2D eigenvalue weighted by Crippen LogP contribution is -2.34. The third kappa shape index (κ3) is 2.78. The van der Waals surface area contributed by atoms with E-state index in [9.17, 15) is 4.39 Å². The Balaban J connectivity index is 1.58. The summed E-state index contributed by atoms with van der Waals surface area (Å²) in [4.78, 5) is 4.19. The van der Waals surface area contributed by atoms with Crippen LogP contribution in [-0.4, -0.2) is 11.0 Å². The van der Waals surface area contributed by atoms with E-state index < -0.39 is 0 Å². The van der Waals surface area contributed by atoms with Gasteiger partial charge >= 0.3 is 0 Å². The fourth-order valence-electron chi connectivity index (χ4n) is 2.46. The molecule has 98 valence electrons. The molecule has 0 atom stereocenters. The first-order chi connectivity index (χ1) is 9.22. The topological polar surface area (TPSA) is 24.9 Å². The smallest absolute Gasteiger partial charge is 0.129 e. The highest BCUT2D eigenvalue weighted by molar-refractivity contribution is 9.10. The summed E-state index contributed by atoms with van der Waals surface area (Å²) in [5.74, 6) is 0.366. The van der Waals surface area contributed by atoms with Crippen LogP contribution in [-0.2, 0) is 0 Å². The first kappa shape index (κ1) is 12.6. The lowest BCUT2D eigenvalue weighted by Gasteiger charge is -2.37. The lowest BCUT2D eigenvalue weighted by atomic mass is 9.76. The van der Waals surface area contributed by atoms with Gasteiger partial charge in [0.2, 0.25) is 0 Å². The van der Waals surface area contributed by atoms with Crippen molar-refractivity contribution in [2.45, 2.75) is 24.8 Å². The van der Waals surface area contributed by atoms with Gasteiger partial charge in [-0.25, -0.2) is 9.37 Å². The SMILES string of the molecule is Fc1ccc(C2CC(Nc3cccnc3Br)C2)cc1. The molecule has 3 rings (SSSR count). The minimum Gasteiger partial charge on any atom is -0.380 e. The van der Waals surface area contributed by atoms with Crippen molar-refractivity contribution < 1.29 is 4.39 Å². The van der Waals surface area contributed by atoms with Crippen LogP contribution in [0.2, 0.25) is 0 Å². The fraction of sp³-hybridized carbons (Fsp3) is 0.267. The molecule has 1 aliphatic rings. The molecule has 0 amide bonds. The first-order valence-electron chi connectivity index (χ1n) is 6.35. The molecule has 0 bridgehead atoms. The van der Waals surface area contributed by atoms with Gasteiger partial charge in [0, 0.05) is 12.2 Å². The molecule has 0 unspecified atom stereocenters. The number of rotatable bonds is 3. The summed E-state index contributed by atoms with van der Waals surface area (Å²) < 4.78 is 13.7. The van der Waals surface area contributed by atoms with Gasteiger partial charge in [-0.05, 0) is 64.5 Å². The van der Waals surface area contributed by atoms with Gasteiger partial charge in [0.05, 0.1) is 5.69 Å². The number of nitrogens with zero attached hydrogens (tertiary/aromatic N) is 1. The van der Waals surface area contributed by atoms with E-state index in [0.29, 0.717) is 12.0 Å². The maximum absolute atomic E-state index is 12.9. The lowest BCUT2D eigenvalue weighted by molar-refractivity contribution is 0.373. The minimum absolute atomic E-state index is 0.169. The Morgan fingerprint density at radius 3 is 2.58 bits per heavy atom. The fourth-order valence-corrected chi connectivity index (χ4v) is 2.82. The molecular formula is C15H14BrFN2. The molecule has 2 aromatic rings. The first-order valence-corrected chi connectivity index (χ1v) is 7.14. The Morgan fingerprint density at radius 2 is 1.89 bits per heavy atom.